The minimum atomic E-state index is -3.52. The molecule has 1 fully saturated rings. The number of aryl methyl sites for hydroxylation is 2. The lowest BCUT2D eigenvalue weighted by molar-refractivity contribution is 0.222. The summed E-state index contributed by atoms with van der Waals surface area (Å²) < 4.78 is 40.0. The molecule has 4 nitrogen and oxygen atoms in total. The highest BCUT2D eigenvalue weighted by Crippen LogP contribution is 2.25. The maximum absolute atomic E-state index is 13.3. The van der Waals surface area contributed by atoms with Crippen molar-refractivity contribution in [3.63, 3.8) is 0 Å². The van der Waals surface area contributed by atoms with Crippen molar-refractivity contribution in [1.82, 2.24) is 9.21 Å². The third kappa shape index (κ3) is 2.80. The van der Waals surface area contributed by atoms with Crippen LogP contribution in [0, 0.1) is 19.7 Å². The van der Waals surface area contributed by atoms with Gasteiger partial charge in [0.25, 0.3) is 0 Å². The molecule has 6 heteroatoms. The molecule has 0 atom stereocenters. The lowest BCUT2D eigenvalue weighted by Gasteiger charge is -2.32. The number of halogens is 1. The molecule has 1 aromatic rings. The molecule has 0 amide bonds. The van der Waals surface area contributed by atoms with Crippen LogP contribution in [0.15, 0.2) is 17.0 Å². The Kier molecular flexibility index (Phi) is 3.94. The first-order valence-corrected chi connectivity index (χ1v) is 7.72. The van der Waals surface area contributed by atoms with E-state index >= 15 is 0 Å². The number of likely N-dealkylation sites (N-methyl/N-ethyl adjacent to an activating group) is 1. The van der Waals surface area contributed by atoms with E-state index in [1.165, 1.54) is 16.4 Å². The van der Waals surface area contributed by atoms with Gasteiger partial charge in [0, 0.05) is 26.2 Å². The van der Waals surface area contributed by atoms with Gasteiger partial charge in [-0.1, -0.05) is 0 Å². The third-order valence-corrected chi connectivity index (χ3v) is 5.69. The number of hydrogen-bond acceptors (Lipinski definition) is 3. The van der Waals surface area contributed by atoms with Crippen molar-refractivity contribution in [2.24, 2.45) is 0 Å². The van der Waals surface area contributed by atoms with E-state index in [0.29, 0.717) is 24.2 Å². The quantitative estimate of drug-likeness (QED) is 0.824. The van der Waals surface area contributed by atoms with Crippen molar-refractivity contribution in [2.45, 2.75) is 18.7 Å². The van der Waals surface area contributed by atoms with Gasteiger partial charge in [-0.25, -0.2) is 12.8 Å². The molecular formula is C13H19FN2O2S. The maximum atomic E-state index is 13.3. The molecule has 1 aliphatic heterocycles. The number of hydrogen-bond donors (Lipinski definition) is 0. The fraction of sp³-hybridized carbons (Fsp3) is 0.538. The number of benzene rings is 1. The van der Waals surface area contributed by atoms with E-state index in [1.54, 1.807) is 13.8 Å². The molecule has 1 heterocycles. The summed E-state index contributed by atoms with van der Waals surface area (Å²) in [6.07, 6.45) is 0. The van der Waals surface area contributed by atoms with Gasteiger partial charge in [-0.15, -0.1) is 0 Å². The SMILES string of the molecule is Cc1cc(F)cc(C)c1S(=O)(=O)N1CCN(C)CC1. The Bertz CT molecular complexity index is 555. The van der Waals surface area contributed by atoms with Crippen LogP contribution < -0.4 is 0 Å². The molecular weight excluding hydrogens is 267 g/mol. The standard InChI is InChI=1S/C13H19FN2O2S/c1-10-8-12(14)9-11(2)13(10)19(17,18)16-6-4-15(3)5-7-16/h8-9H,4-7H2,1-3H3. The van der Waals surface area contributed by atoms with Crippen LogP contribution in [-0.2, 0) is 10.0 Å². The highest BCUT2D eigenvalue weighted by Gasteiger charge is 2.30. The van der Waals surface area contributed by atoms with Gasteiger partial charge in [-0.05, 0) is 44.2 Å². The van der Waals surface area contributed by atoms with Crippen molar-refractivity contribution < 1.29 is 12.8 Å². The van der Waals surface area contributed by atoms with E-state index in [-0.39, 0.29) is 4.90 Å². The lowest BCUT2D eigenvalue weighted by Crippen LogP contribution is -2.47. The Hall–Kier alpha value is -0.980. The van der Waals surface area contributed by atoms with Crippen LogP contribution in [0.4, 0.5) is 4.39 Å². The van der Waals surface area contributed by atoms with Crippen LogP contribution >= 0.6 is 0 Å². The Morgan fingerprint density at radius 1 is 1.05 bits per heavy atom. The van der Waals surface area contributed by atoms with E-state index in [4.69, 9.17) is 0 Å². The molecule has 106 valence electrons. The summed E-state index contributed by atoms with van der Waals surface area (Å²) in [6, 6.07) is 2.55. The Balaban J connectivity index is 2.40. The molecule has 0 saturated carbocycles. The number of nitrogens with zero attached hydrogens (tertiary/aromatic N) is 2. The Morgan fingerprint density at radius 3 is 2.00 bits per heavy atom. The summed E-state index contributed by atoms with van der Waals surface area (Å²) in [7, 11) is -1.55. The third-order valence-electron chi connectivity index (χ3n) is 3.49. The maximum Gasteiger partial charge on any atom is 0.243 e. The topological polar surface area (TPSA) is 40.6 Å². The van der Waals surface area contributed by atoms with Gasteiger partial charge in [0.05, 0.1) is 4.90 Å². The zero-order chi connectivity index (χ0) is 14.2. The van der Waals surface area contributed by atoms with Crippen LogP contribution in [0.25, 0.3) is 0 Å². The van der Waals surface area contributed by atoms with Gasteiger partial charge >= 0.3 is 0 Å². The first-order valence-electron chi connectivity index (χ1n) is 6.28. The predicted octanol–water partition coefficient (Wildman–Crippen LogP) is 1.38. The molecule has 1 aromatic carbocycles. The average molecular weight is 286 g/mol. The normalized spacial score (nSPS) is 18.7. The molecule has 2 rings (SSSR count). The fourth-order valence-corrected chi connectivity index (χ4v) is 4.30. The minimum Gasteiger partial charge on any atom is -0.304 e. The summed E-state index contributed by atoms with van der Waals surface area (Å²) in [5.74, 6) is -0.396. The summed E-state index contributed by atoms with van der Waals surface area (Å²) in [6.45, 7) is 5.68. The second-order valence-corrected chi connectivity index (χ2v) is 6.95. The van der Waals surface area contributed by atoms with Crippen LogP contribution in [-0.4, -0.2) is 50.8 Å². The van der Waals surface area contributed by atoms with Gasteiger partial charge in [0.1, 0.15) is 5.82 Å². The molecule has 1 saturated heterocycles. The average Bonchev–Trinajstić information content (AvgIpc) is 2.27. The molecule has 0 unspecified atom stereocenters. The van der Waals surface area contributed by atoms with Gasteiger partial charge in [-0.2, -0.15) is 4.31 Å². The molecule has 0 N–H and O–H groups in total. The first-order chi connectivity index (χ1) is 8.82. The van der Waals surface area contributed by atoms with E-state index in [9.17, 15) is 12.8 Å². The monoisotopic (exact) mass is 286 g/mol. The van der Waals surface area contributed by atoms with Crippen LogP contribution in [0.5, 0.6) is 0 Å². The number of sulfonamides is 1. The van der Waals surface area contributed by atoms with Crippen molar-refractivity contribution in [1.29, 1.82) is 0 Å². The predicted molar refractivity (Wildman–Crippen MR) is 72.1 cm³/mol. The smallest absolute Gasteiger partial charge is 0.243 e. The Morgan fingerprint density at radius 2 is 1.53 bits per heavy atom. The molecule has 0 aromatic heterocycles. The van der Waals surface area contributed by atoms with E-state index in [1.807, 2.05) is 7.05 Å². The zero-order valence-corrected chi connectivity index (χ0v) is 12.3. The van der Waals surface area contributed by atoms with Gasteiger partial charge in [0.15, 0.2) is 0 Å². The lowest BCUT2D eigenvalue weighted by atomic mass is 10.1. The molecule has 19 heavy (non-hydrogen) atoms. The van der Waals surface area contributed by atoms with E-state index in [2.05, 4.69) is 4.90 Å². The van der Waals surface area contributed by atoms with Crippen molar-refractivity contribution in [3.8, 4) is 0 Å². The fourth-order valence-electron chi connectivity index (χ4n) is 2.46. The number of rotatable bonds is 2. The zero-order valence-electron chi connectivity index (χ0n) is 11.5. The summed E-state index contributed by atoms with van der Waals surface area (Å²) in [5.41, 5.74) is 0.938. The highest BCUT2D eigenvalue weighted by molar-refractivity contribution is 7.89. The number of piperazine rings is 1. The summed E-state index contributed by atoms with van der Waals surface area (Å²) in [4.78, 5) is 2.34. The summed E-state index contributed by atoms with van der Waals surface area (Å²) >= 11 is 0. The molecule has 0 bridgehead atoms. The minimum absolute atomic E-state index is 0.249. The Labute approximate surface area is 113 Å². The van der Waals surface area contributed by atoms with Crippen LogP contribution in [0.3, 0.4) is 0 Å². The van der Waals surface area contributed by atoms with Crippen molar-refractivity contribution >= 4 is 10.0 Å². The molecule has 1 aliphatic rings. The molecule has 0 radical (unpaired) electrons. The van der Waals surface area contributed by atoms with Crippen LogP contribution in [0.1, 0.15) is 11.1 Å². The van der Waals surface area contributed by atoms with Gasteiger partial charge in [0.2, 0.25) is 10.0 Å². The first kappa shape index (κ1) is 14.4. The second kappa shape index (κ2) is 5.19. The molecule has 0 aliphatic carbocycles. The largest absolute Gasteiger partial charge is 0.304 e. The van der Waals surface area contributed by atoms with Crippen molar-refractivity contribution in [3.05, 3.63) is 29.1 Å². The van der Waals surface area contributed by atoms with Gasteiger partial charge < -0.3 is 4.90 Å². The summed E-state index contributed by atoms with van der Waals surface area (Å²) in [5, 5.41) is 0. The van der Waals surface area contributed by atoms with E-state index in [0.717, 1.165) is 13.1 Å². The highest BCUT2D eigenvalue weighted by atomic mass is 32.2. The molecule has 0 spiro atoms. The van der Waals surface area contributed by atoms with E-state index < -0.39 is 15.8 Å². The second-order valence-electron chi connectivity index (χ2n) is 5.08. The van der Waals surface area contributed by atoms with Crippen molar-refractivity contribution in [2.75, 3.05) is 33.2 Å². The van der Waals surface area contributed by atoms with Gasteiger partial charge in [-0.3, -0.25) is 0 Å². The van der Waals surface area contributed by atoms with Crippen LogP contribution in [0.2, 0.25) is 0 Å².